The highest BCUT2D eigenvalue weighted by molar-refractivity contribution is 6.97. The van der Waals surface area contributed by atoms with Crippen LogP contribution in [0.2, 0.25) is 36.3 Å². The number of hydrogen-bond donors (Lipinski definition) is 1. The molecule has 28 heavy (non-hydrogen) atoms. The molecular formula is C24H54N2Si2. The first kappa shape index (κ1) is 26.4. The molecule has 1 fully saturated rings. The Morgan fingerprint density at radius 1 is 0.571 bits per heavy atom. The van der Waals surface area contributed by atoms with Crippen molar-refractivity contribution >= 4 is 16.5 Å². The summed E-state index contributed by atoms with van der Waals surface area (Å²) in [5, 5.41) is 3.69. The highest BCUT2D eigenvalue weighted by atomic mass is 28.4. The molecule has 0 atom stereocenters. The molecule has 0 radical (unpaired) electrons. The van der Waals surface area contributed by atoms with Crippen LogP contribution in [0.25, 0.3) is 0 Å². The molecule has 0 saturated carbocycles. The summed E-state index contributed by atoms with van der Waals surface area (Å²) in [4.78, 5) is 0. The summed E-state index contributed by atoms with van der Waals surface area (Å²) >= 11 is 0. The molecule has 1 N–H and O–H groups in total. The lowest BCUT2D eigenvalue weighted by Gasteiger charge is -2.47. The highest BCUT2D eigenvalue weighted by Gasteiger charge is 2.55. The van der Waals surface area contributed by atoms with E-state index in [9.17, 15) is 0 Å². The zero-order valence-electron chi connectivity index (χ0n) is 20.4. The summed E-state index contributed by atoms with van der Waals surface area (Å²) in [5.74, 6) is 0. The van der Waals surface area contributed by atoms with E-state index in [1.54, 1.807) is 36.3 Å². The van der Waals surface area contributed by atoms with Gasteiger partial charge in [-0.3, -0.25) is 0 Å². The smallest absolute Gasteiger partial charge is 0.121 e. The Morgan fingerprint density at radius 2 is 1.00 bits per heavy atom. The third-order valence-electron chi connectivity index (χ3n) is 7.35. The van der Waals surface area contributed by atoms with E-state index in [0.29, 0.717) is 0 Å². The van der Waals surface area contributed by atoms with E-state index in [4.69, 9.17) is 0 Å². The normalized spacial score (nSPS) is 18.8. The topological polar surface area (TPSA) is 15.3 Å². The molecule has 1 heterocycles. The molecule has 0 aromatic rings. The molecule has 0 aliphatic carbocycles. The van der Waals surface area contributed by atoms with E-state index in [1.807, 2.05) is 0 Å². The van der Waals surface area contributed by atoms with E-state index in [2.05, 4.69) is 44.2 Å². The maximum absolute atomic E-state index is 3.69. The first-order valence-electron chi connectivity index (χ1n) is 13.1. The van der Waals surface area contributed by atoms with Crippen molar-refractivity contribution in [3.8, 4) is 0 Å². The first-order valence-corrected chi connectivity index (χ1v) is 18.3. The predicted octanol–water partition coefficient (Wildman–Crippen LogP) is 7.78. The Labute approximate surface area is 180 Å². The fourth-order valence-corrected chi connectivity index (χ4v) is 23.9. The molecule has 1 saturated heterocycles. The van der Waals surface area contributed by atoms with E-state index < -0.39 is 16.5 Å². The number of nitrogens with zero attached hydrogens (tertiary/aromatic N) is 1. The molecule has 0 unspecified atom stereocenters. The van der Waals surface area contributed by atoms with Gasteiger partial charge in [0.05, 0.1) is 0 Å². The van der Waals surface area contributed by atoms with Crippen molar-refractivity contribution in [2.45, 2.75) is 135 Å². The van der Waals surface area contributed by atoms with Gasteiger partial charge in [0.2, 0.25) is 0 Å². The minimum absolute atomic E-state index is 1.20. The average molecular weight is 427 g/mol. The van der Waals surface area contributed by atoms with Crippen molar-refractivity contribution in [2.75, 3.05) is 19.6 Å². The second-order valence-electron chi connectivity index (χ2n) is 9.62. The minimum Gasteiger partial charge on any atom is -0.345 e. The fraction of sp³-hybridized carbons (Fsp3) is 1.00. The van der Waals surface area contributed by atoms with Crippen molar-refractivity contribution < 1.29 is 0 Å². The molecule has 2 nitrogen and oxygen atoms in total. The number of hydrogen-bond acceptors (Lipinski definition) is 2. The molecule has 0 bridgehead atoms. The van der Waals surface area contributed by atoms with Gasteiger partial charge in [-0.25, -0.2) is 0 Å². The van der Waals surface area contributed by atoms with Crippen molar-refractivity contribution in [1.82, 2.24) is 9.55 Å². The van der Waals surface area contributed by atoms with Crippen molar-refractivity contribution in [3.63, 3.8) is 0 Å². The van der Waals surface area contributed by atoms with Crippen LogP contribution in [0.1, 0.15) is 98.8 Å². The summed E-state index contributed by atoms with van der Waals surface area (Å²) in [7, 11) is -2.48. The van der Waals surface area contributed by atoms with E-state index in [-0.39, 0.29) is 0 Å². The van der Waals surface area contributed by atoms with Crippen LogP contribution in [0.4, 0.5) is 0 Å². The van der Waals surface area contributed by atoms with Gasteiger partial charge in [0, 0.05) is 0 Å². The van der Waals surface area contributed by atoms with Gasteiger partial charge < -0.3 is 9.55 Å². The SMILES string of the molecule is CCCC[Si]1(CCCC)CC[Si](CCCC)(CCCC)N1CCCNCCC. The van der Waals surface area contributed by atoms with Gasteiger partial charge in [0.25, 0.3) is 0 Å². The van der Waals surface area contributed by atoms with Crippen LogP contribution in [-0.4, -0.2) is 40.3 Å². The quantitative estimate of drug-likeness (QED) is 0.178. The maximum atomic E-state index is 3.69. The molecule has 0 aromatic heterocycles. The summed E-state index contributed by atoms with van der Waals surface area (Å²) in [6, 6.07) is 9.76. The second-order valence-corrected chi connectivity index (χ2v) is 19.0. The van der Waals surface area contributed by atoms with Crippen molar-refractivity contribution in [2.24, 2.45) is 0 Å². The predicted molar refractivity (Wildman–Crippen MR) is 134 cm³/mol. The lowest BCUT2D eigenvalue weighted by Crippen LogP contribution is -2.61. The lowest BCUT2D eigenvalue weighted by molar-refractivity contribution is 0.529. The largest absolute Gasteiger partial charge is 0.345 e. The molecule has 0 aromatic carbocycles. The molecule has 168 valence electrons. The van der Waals surface area contributed by atoms with Crippen LogP contribution in [0.3, 0.4) is 0 Å². The summed E-state index contributed by atoms with van der Waals surface area (Å²) < 4.78 is 3.41. The van der Waals surface area contributed by atoms with Crippen molar-refractivity contribution in [3.05, 3.63) is 0 Å². The standard InChI is InChI=1S/C24H54N2Si2/c1-6-11-19-27(20-12-7-2)23-24-28(21-13-8-3,22-14-9-4)26(27)18-15-17-25-16-10-5/h25H,6-24H2,1-5H3. The Morgan fingerprint density at radius 3 is 1.36 bits per heavy atom. The van der Waals surface area contributed by atoms with Crippen LogP contribution in [-0.2, 0) is 0 Å². The number of unbranched alkanes of at least 4 members (excludes halogenated alkanes) is 4. The second kappa shape index (κ2) is 15.2. The van der Waals surface area contributed by atoms with Crippen LogP contribution >= 0.6 is 0 Å². The maximum Gasteiger partial charge on any atom is 0.121 e. The zero-order valence-corrected chi connectivity index (χ0v) is 22.4. The van der Waals surface area contributed by atoms with E-state index in [0.717, 1.165) is 0 Å². The molecule has 1 aliphatic rings. The van der Waals surface area contributed by atoms with Gasteiger partial charge in [-0.2, -0.15) is 0 Å². The van der Waals surface area contributed by atoms with Crippen LogP contribution in [0.5, 0.6) is 0 Å². The summed E-state index contributed by atoms with van der Waals surface area (Å²) in [6.45, 7) is 15.8. The Bertz CT molecular complexity index is 332. The zero-order chi connectivity index (χ0) is 20.7. The summed E-state index contributed by atoms with van der Waals surface area (Å²) in [5.41, 5.74) is 0. The van der Waals surface area contributed by atoms with Crippen molar-refractivity contribution in [1.29, 1.82) is 0 Å². The third-order valence-corrected chi connectivity index (χ3v) is 20.9. The summed E-state index contributed by atoms with van der Waals surface area (Å²) in [6.07, 6.45) is 14.2. The first-order chi connectivity index (χ1) is 13.6. The molecule has 0 spiro atoms. The molecule has 4 heteroatoms. The Balaban J connectivity index is 3.04. The Hall–Kier alpha value is 0.354. The fourth-order valence-electron chi connectivity index (χ4n) is 5.69. The Kier molecular flexibility index (Phi) is 14.3. The lowest BCUT2D eigenvalue weighted by atomic mass is 10.4. The van der Waals surface area contributed by atoms with Gasteiger partial charge >= 0.3 is 0 Å². The van der Waals surface area contributed by atoms with Gasteiger partial charge in [-0.1, -0.05) is 86.0 Å². The van der Waals surface area contributed by atoms with Gasteiger partial charge in [0.15, 0.2) is 0 Å². The molecule has 1 rings (SSSR count). The highest BCUT2D eigenvalue weighted by Crippen LogP contribution is 2.48. The van der Waals surface area contributed by atoms with Crippen LogP contribution in [0, 0.1) is 0 Å². The molecule has 0 amide bonds. The molecule has 1 aliphatic heterocycles. The third kappa shape index (κ3) is 7.88. The average Bonchev–Trinajstić information content (AvgIpc) is 3.01. The van der Waals surface area contributed by atoms with E-state index in [1.165, 1.54) is 83.8 Å². The number of nitrogens with one attached hydrogen (secondary N) is 1. The minimum atomic E-state index is -1.24. The monoisotopic (exact) mass is 426 g/mol. The van der Waals surface area contributed by atoms with Gasteiger partial charge in [-0.05, 0) is 68.7 Å². The van der Waals surface area contributed by atoms with Gasteiger partial charge in [0.1, 0.15) is 16.5 Å². The van der Waals surface area contributed by atoms with Crippen LogP contribution in [0.15, 0.2) is 0 Å². The number of rotatable bonds is 18. The van der Waals surface area contributed by atoms with Crippen LogP contribution < -0.4 is 5.32 Å². The van der Waals surface area contributed by atoms with Gasteiger partial charge in [-0.15, -0.1) is 0 Å². The molecular weight excluding hydrogens is 372 g/mol. The van der Waals surface area contributed by atoms with E-state index >= 15 is 0 Å².